The molecule has 0 saturated carbocycles. The number of hydrogen-bond acceptors (Lipinski definition) is 5. The van der Waals surface area contributed by atoms with Crippen LogP contribution in [0, 0.1) is 10.1 Å². The Morgan fingerprint density at radius 3 is 2.52 bits per heavy atom. The van der Waals surface area contributed by atoms with Gasteiger partial charge < -0.3 is 5.32 Å². The zero-order valence-electron chi connectivity index (χ0n) is 15.0. The Labute approximate surface area is 176 Å². The van der Waals surface area contributed by atoms with Crippen molar-refractivity contribution >= 4 is 46.4 Å². The third kappa shape index (κ3) is 5.43. The topological polar surface area (TPSA) is 89.3 Å². The summed E-state index contributed by atoms with van der Waals surface area (Å²) in [5.41, 5.74) is 1.03. The van der Waals surface area contributed by atoms with Gasteiger partial charge in [-0.2, -0.15) is 0 Å². The molecule has 0 aliphatic carbocycles. The minimum absolute atomic E-state index is 0.0911. The third-order valence-electron chi connectivity index (χ3n) is 3.96. The number of rotatable bonds is 7. The first-order valence-corrected chi connectivity index (χ1v) is 9.87. The predicted molar refractivity (Wildman–Crippen MR) is 114 cm³/mol. The maximum atomic E-state index is 12.4. The molecule has 0 heterocycles. The number of nitro groups is 1. The molecule has 6 nitrogen and oxygen atoms in total. The zero-order chi connectivity index (χ0) is 20.8. The molecule has 0 fully saturated rings. The molecule has 0 atom stereocenters. The van der Waals surface area contributed by atoms with E-state index in [1.165, 1.54) is 36.0 Å². The van der Waals surface area contributed by atoms with E-state index in [0.29, 0.717) is 16.3 Å². The van der Waals surface area contributed by atoms with Crippen molar-refractivity contribution in [1.82, 2.24) is 0 Å². The van der Waals surface area contributed by atoms with Gasteiger partial charge in [-0.1, -0.05) is 35.9 Å². The Hall–Kier alpha value is -3.16. The summed E-state index contributed by atoms with van der Waals surface area (Å²) in [7, 11) is 0. The van der Waals surface area contributed by atoms with E-state index in [4.69, 9.17) is 11.6 Å². The van der Waals surface area contributed by atoms with Crippen LogP contribution in [0.15, 0.2) is 77.7 Å². The highest BCUT2D eigenvalue weighted by Gasteiger charge is 2.13. The number of nitro benzene ring substituents is 1. The average Bonchev–Trinajstić information content (AvgIpc) is 2.72. The number of anilines is 1. The number of benzene rings is 3. The lowest BCUT2D eigenvalue weighted by Gasteiger charge is -2.08. The third-order valence-corrected chi connectivity index (χ3v) is 5.28. The molecule has 3 aromatic carbocycles. The van der Waals surface area contributed by atoms with Crippen LogP contribution in [0.5, 0.6) is 0 Å². The Bertz CT molecular complexity index is 1090. The fourth-order valence-electron chi connectivity index (χ4n) is 2.54. The van der Waals surface area contributed by atoms with E-state index < -0.39 is 10.8 Å². The van der Waals surface area contributed by atoms with Crippen LogP contribution in [0.2, 0.25) is 5.02 Å². The van der Waals surface area contributed by atoms with Gasteiger partial charge in [0.25, 0.3) is 11.6 Å². The molecular formula is C21H15ClN2O4S. The standard InChI is InChI=1S/C21H15ClN2O4S/c22-19-10-2-1-9-18(19)20(25)13-29-17-8-4-6-15(12-17)23-21(26)14-5-3-7-16(11-14)24(27)28/h1-12H,13H2,(H,23,26). The second-order valence-electron chi connectivity index (χ2n) is 5.98. The Morgan fingerprint density at radius 2 is 1.76 bits per heavy atom. The van der Waals surface area contributed by atoms with Gasteiger partial charge in [0.05, 0.1) is 15.7 Å². The van der Waals surface area contributed by atoms with Crippen molar-refractivity contribution in [3.8, 4) is 0 Å². The van der Waals surface area contributed by atoms with Crippen LogP contribution in [0.1, 0.15) is 20.7 Å². The van der Waals surface area contributed by atoms with Crippen molar-refractivity contribution in [3.63, 3.8) is 0 Å². The van der Waals surface area contributed by atoms with Crippen LogP contribution >= 0.6 is 23.4 Å². The van der Waals surface area contributed by atoms with Crippen molar-refractivity contribution in [2.24, 2.45) is 0 Å². The molecule has 146 valence electrons. The minimum atomic E-state index is -0.552. The molecule has 3 aromatic rings. The molecule has 0 bridgehead atoms. The van der Waals surface area contributed by atoms with Crippen LogP contribution in [0.4, 0.5) is 11.4 Å². The Balaban J connectivity index is 1.66. The van der Waals surface area contributed by atoms with Crippen LogP contribution in [-0.4, -0.2) is 22.4 Å². The van der Waals surface area contributed by atoms with Crippen molar-refractivity contribution in [2.75, 3.05) is 11.1 Å². The van der Waals surface area contributed by atoms with E-state index in [1.54, 1.807) is 42.5 Å². The summed E-state index contributed by atoms with van der Waals surface area (Å²) in [6, 6.07) is 19.4. The number of ketones is 1. The normalized spacial score (nSPS) is 10.4. The number of Topliss-reactive ketones (excluding diaryl/α,β-unsaturated/α-hetero) is 1. The fraction of sp³-hybridized carbons (Fsp3) is 0.0476. The first kappa shape index (κ1) is 20.6. The smallest absolute Gasteiger partial charge is 0.270 e. The Morgan fingerprint density at radius 1 is 1.00 bits per heavy atom. The summed E-state index contributed by atoms with van der Waals surface area (Å²) >= 11 is 7.38. The molecule has 0 unspecified atom stereocenters. The molecule has 0 saturated heterocycles. The lowest BCUT2D eigenvalue weighted by atomic mass is 10.1. The predicted octanol–water partition coefficient (Wildman–Crippen LogP) is 5.48. The highest BCUT2D eigenvalue weighted by atomic mass is 35.5. The van der Waals surface area contributed by atoms with Gasteiger partial charge in [0.1, 0.15) is 0 Å². The first-order valence-electron chi connectivity index (χ1n) is 8.50. The quantitative estimate of drug-likeness (QED) is 0.234. The molecule has 0 aliphatic heterocycles. The van der Waals surface area contributed by atoms with Gasteiger partial charge in [-0.05, 0) is 36.4 Å². The van der Waals surface area contributed by atoms with E-state index in [1.807, 2.05) is 6.07 Å². The van der Waals surface area contributed by atoms with Crippen molar-refractivity contribution in [2.45, 2.75) is 4.90 Å². The summed E-state index contributed by atoms with van der Waals surface area (Å²) in [5.74, 6) is -0.346. The number of nitrogens with zero attached hydrogens (tertiary/aromatic N) is 1. The number of nitrogens with one attached hydrogen (secondary N) is 1. The van der Waals surface area contributed by atoms with Gasteiger partial charge in [-0.25, -0.2) is 0 Å². The number of amides is 1. The summed E-state index contributed by atoms with van der Waals surface area (Å²) in [5, 5.41) is 14.0. The molecule has 1 amide bonds. The highest BCUT2D eigenvalue weighted by molar-refractivity contribution is 8.00. The molecule has 3 rings (SSSR count). The fourth-order valence-corrected chi connectivity index (χ4v) is 3.62. The average molecular weight is 427 g/mol. The van der Waals surface area contributed by atoms with E-state index in [2.05, 4.69) is 5.32 Å². The maximum Gasteiger partial charge on any atom is 0.270 e. The van der Waals surface area contributed by atoms with E-state index >= 15 is 0 Å². The second kappa shape index (κ2) is 9.36. The van der Waals surface area contributed by atoms with Gasteiger partial charge in [0.2, 0.25) is 0 Å². The lowest BCUT2D eigenvalue weighted by molar-refractivity contribution is -0.384. The molecule has 8 heteroatoms. The van der Waals surface area contributed by atoms with Gasteiger partial charge in [0.15, 0.2) is 5.78 Å². The number of halogens is 1. The monoisotopic (exact) mass is 426 g/mol. The summed E-state index contributed by atoms with van der Waals surface area (Å²) in [6.45, 7) is 0. The number of carbonyl (C=O) groups excluding carboxylic acids is 2. The molecular weight excluding hydrogens is 412 g/mol. The SMILES string of the molecule is O=C(Nc1cccc(SCC(=O)c2ccccc2Cl)c1)c1cccc([N+](=O)[O-])c1. The molecule has 0 spiro atoms. The molecule has 1 N–H and O–H groups in total. The zero-order valence-corrected chi connectivity index (χ0v) is 16.6. The number of thioether (sulfide) groups is 1. The highest BCUT2D eigenvalue weighted by Crippen LogP contribution is 2.25. The van der Waals surface area contributed by atoms with Gasteiger partial charge >= 0.3 is 0 Å². The van der Waals surface area contributed by atoms with Gasteiger partial charge in [-0.3, -0.25) is 19.7 Å². The number of carbonyl (C=O) groups is 2. The van der Waals surface area contributed by atoms with Crippen molar-refractivity contribution in [1.29, 1.82) is 0 Å². The van der Waals surface area contributed by atoms with Gasteiger partial charge in [-0.15, -0.1) is 11.8 Å². The largest absolute Gasteiger partial charge is 0.322 e. The summed E-state index contributed by atoms with van der Waals surface area (Å²) in [6.07, 6.45) is 0. The van der Waals surface area contributed by atoms with Crippen LogP contribution in [0.25, 0.3) is 0 Å². The van der Waals surface area contributed by atoms with E-state index in [-0.39, 0.29) is 22.8 Å². The van der Waals surface area contributed by atoms with Crippen molar-refractivity contribution in [3.05, 3.63) is 99.1 Å². The number of non-ortho nitro benzene ring substituents is 1. The molecule has 0 radical (unpaired) electrons. The van der Waals surface area contributed by atoms with Crippen LogP contribution in [-0.2, 0) is 0 Å². The first-order chi connectivity index (χ1) is 13.9. The Kier molecular flexibility index (Phi) is 6.64. The summed E-state index contributed by atoms with van der Waals surface area (Å²) in [4.78, 5) is 35.8. The van der Waals surface area contributed by atoms with Crippen LogP contribution < -0.4 is 5.32 Å². The molecule has 0 aliphatic rings. The lowest BCUT2D eigenvalue weighted by Crippen LogP contribution is -2.12. The van der Waals surface area contributed by atoms with E-state index in [0.717, 1.165) is 4.90 Å². The summed E-state index contributed by atoms with van der Waals surface area (Å²) < 4.78 is 0. The molecule has 29 heavy (non-hydrogen) atoms. The van der Waals surface area contributed by atoms with E-state index in [9.17, 15) is 19.7 Å². The minimum Gasteiger partial charge on any atom is -0.322 e. The van der Waals surface area contributed by atoms with Crippen LogP contribution in [0.3, 0.4) is 0 Å². The van der Waals surface area contributed by atoms with Gasteiger partial charge in [0, 0.05) is 33.8 Å². The van der Waals surface area contributed by atoms with Crippen molar-refractivity contribution < 1.29 is 14.5 Å². The second-order valence-corrected chi connectivity index (χ2v) is 7.44. The molecule has 0 aromatic heterocycles. The maximum absolute atomic E-state index is 12.4. The number of hydrogen-bond donors (Lipinski definition) is 1.